The molecule has 2 nitrogen and oxygen atoms in total. The van der Waals surface area contributed by atoms with Crippen molar-refractivity contribution >= 4 is 5.91 Å². The van der Waals surface area contributed by atoms with E-state index < -0.39 is 0 Å². The van der Waals surface area contributed by atoms with Crippen molar-refractivity contribution in [2.45, 2.75) is 45.4 Å². The number of amides is 1. The predicted molar refractivity (Wildman–Crippen MR) is 99.2 cm³/mol. The maximum atomic E-state index is 12.5. The average Bonchev–Trinajstić information content (AvgIpc) is 2.62. The molecule has 1 aliphatic rings. The number of benzene rings is 2. The van der Waals surface area contributed by atoms with Crippen molar-refractivity contribution in [3.05, 3.63) is 71.3 Å². The SMILES string of the molecule is Cc1ccc(C(=O)NCC2(Cc3ccccc3)CCCCC2)cc1. The first-order valence-corrected chi connectivity index (χ1v) is 9.06. The van der Waals surface area contributed by atoms with E-state index >= 15 is 0 Å². The summed E-state index contributed by atoms with van der Waals surface area (Å²) in [6.07, 6.45) is 7.33. The van der Waals surface area contributed by atoms with Gasteiger partial charge in [-0.1, -0.05) is 67.3 Å². The van der Waals surface area contributed by atoms with Crippen molar-refractivity contribution < 1.29 is 4.79 Å². The first kappa shape index (κ1) is 16.8. The molecule has 2 heteroatoms. The quantitative estimate of drug-likeness (QED) is 0.832. The van der Waals surface area contributed by atoms with Gasteiger partial charge in [0, 0.05) is 12.1 Å². The molecule has 0 heterocycles. The lowest BCUT2D eigenvalue weighted by Crippen LogP contribution is -2.40. The zero-order valence-electron chi connectivity index (χ0n) is 14.6. The number of rotatable bonds is 5. The Bertz CT molecular complexity index is 654. The molecule has 0 atom stereocenters. The van der Waals surface area contributed by atoms with Crippen LogP contribution in [0.1, 0.15) is 53.6 Å². The first-order valence-electron chi connectivity index (χ1n) is 9.06. The maximum Gasteiger partial charge on any atom is 0.251 e. The van der Waals surface area contributed by atoms with E-state index in [4.69, 9.17) is 0 Å². The molecule has 1 N–H and O–H groups in total. The Kier molecular flexibility index (Phi) is 5.34. The molecule has 0 bridgehead atoms. The van der Waals surface area contributed by atoms with Gasteiger partial charge < -0.3 is 5.32 Å². The van der Waals surface area contributed by atoms with Gasteiger partial charge >= 0.3 is 0 Å². The van der Waals surface area contributed by atoms with Gasteiger partial charge in [0.1, 0.15) is 0 Å². The number of hydrogen-bond donors (Lipinski definition) is 1. The summed E-state index contributed by atoms with van der Waals surface area (Å²) in [5.41, 5.74) is 3.52. The molecular weight excluding hydrogens is 294 g/mol. The van der Waals surface area contributed by atoms with Crippen molar-refractivity contribution in [3.63, 3.8) is 0 Å². The number of nitrogens with one attached hydrogen (secondary N) is 1. The number of carbonyl (C=O) groups is 1. The molecule has 0 aromatic heterocycles. The van der Waals surface area contributed by atoms with Crippen LogP contribution in [-0.2, 0) is 6.42 Å². The Morgan fingerprint density at radius 1 is 0.958 bits per heavy atom. The minimum Gasteiger partial charge on any atom is -0.351 e. The van der Waals surface area contributed by atoms with Gasteiger partial charge in [-0.05, 0) is 49.3 Å². The lowest BCUT2D eigenvalue weighted by atomic mass is 9.70. The smallest absolute Gasteiger partial charge is 0.251 e. The van der Waals surface area contributed by atoms with Crippen molar-refractivity contribution in [3.8, 4) is 0 Å². The van der Waals surface area contributed by atoms with Gasteiger partial charge in [-0.2, -0.15) is 0 Å². The largest absolute Gasteiger partial charge is 0.351 e. The molecule has 1 aliphatic carbocycles. The average molecular weight is 321 g/mol. The summed E-state index contributed by atoms with van der Waals surface area (Å²) < 4.78 is 0. The Hall–Kier alpha value is -2.09. The highest BCUT2D eigenvalue weighted by atomic mass is 16.1. The van der Waals surface area contributed by atoms with Crippen LogP contribution in [0.25, 0.3) is 0 Å². The normalized spacial score (nSPS) is 16.5. The van der Waals surface area contributed by atoms with Gasteiger partial charge in [-0.15, -0.1) is 0 Å². The summed E-state index contributed by atoms with van der Waals surface area (Å²) in [5.74, 6) is 0.0491. The van der Waals surface area contributed by atoms with Crippen LogP contribution in [0.3, 0.4) is 0 Å². The molecule has 0 aliphatic heterocycles. The molecule has 126 valence electrons. The molecular formula is C22H27NO. The summed E-state index contributed by atoms with van der Waals surface area (Å²) in [7, 11) is 0. The highest BCUT2D eigenvalue weighted by Gasteiger charge is 2.32. The second kappa shape index (κ2) is 7.65. The molecule has 3 rings (SSSR count). The third-order valence-corrected chi connectivity index (χ3v) is 5.27. The van der Waals surface area contributed by atoms with Gasteiger partial charge in [0.25, 0.3) is 5.91 Å². The topological polar surface area (TPSA) is 29.1 Å². The van der Waals surface area contributed by atoms with Gasteiger partial charge in [0.2, 0.25) is 0 Å². The molecule has 1 amide bonds. The van der Waals surface area contributed by atoms with Gasteiger partial charge in [-0.3, -0.25) is 4.79 Å². The minimum atomic E-state index is 0.0491. The number of hydrogen-bond acceptors (Lipinski definition) is 1. The second-order valence-electron chi connectivity index (χ2n) is 7.27. The Morgan fingerprint density at radius 2 is 1.62 bits per heavy atom. The summed E-state index contributed by atoms with van der Waals surface area (Å²) in [6.45, 7) is 2.81. The van der Waals surface area contributed by atoms with Gasteiger partial charge in [-0.25, -0.2) is 0 Å². The molecule has 0 unspecified atom stereocenters. The summed E-state index contributed by atoms with van der Waals surface area (Å²) in [6, 6.07) is 18.5. The van der Waals surface area contributed by atoms with E-state index in [0.29, 0.717) is 0 Å². The first-order chi connectivity index (χ1) is 11.7. The minimum absolute atomic E-state index is 0.0491. The third kappa shape index (κ3) is 4.25. The van der Waals surface area contributed by atoms with Crippen LogP contribution >= 0.6 is 0 Å². The number of carbonyl (C=O) groups excluding carboxylic acids is 1. The highest BCUT2D eigenvalue weighted by molar-refractivity contribution is 5.94. The van der Waals surface area contributed by atoms with Crippen molar-refractivity contribution in [2.75, 3.05) is 6.54 Å². The van der Waals surface area contributed by atoms with Crippen LogP contribution in [0.4, 0.5) is 0 Å². The van der Waals surface area contributed by atoms with E-state index in [1.54, 1.807) is 0 Å². The van der Waals surface area contributed by atoms with E-state index in [2.05, 4.69) is 35.6 Å². The molecule has 1 saturated carbocycles. The summed E-state index contributed by atoms with van der Waals surface area (Å²) in [4.78, 5) is 12.5. The molecule has 24 heavy (non-hydrogen) atoms. The van der Waals surface area contributed by atoms with Crippen molar-refractivity contribution in [1.29, 1.82) is 0 Å². The third-order valence-electron chi connectivity index (χ3n) is 5.27. The molecule has 2 aromatic rings. The fourth-order valence-electron chi connectivity index (χ4n) is 3.82. The molecule has 0 spiro atoms. The number of aryl methyl sites for hydroxylation is 1. The zero-order chi connectivity index (χ0) is 16.8. The molecule has 0 radical (unpaired) electrons. The van der Waals surface area contributed by atoms with E-state index in [9.17, 15) is 4.79 Å². The Labute approximate surface area is 145 Å². The predicted octanol–water partition coefficient (Wildman–Crippen LogP) is 4.92. The molecule has 1 fully saturated rings. The summed E-state index contributed by atoms with van der Waals surface area (Å²) >= 11 is 0. The van der Waals surface area contributed by atoms with Crippen molar-refractivity contribution in [1.82, 2.24) is 5.32 Å². The van der Waals surface area contributed by atoms with Crippen molar-refractivity contribution in [2.24, 2.45) is 5.41 Å². The zero-order valence-corrected chi connectivity index (χ0v) is 14.6. The van der Waals surface area contributed by atoms with Crippen LogP contribution in [0.5, 0.6) is 0 Å². The van der Waals surface area contributed by atoms with E-state index in [1.807, 2.05) is 31.2 Å². The monoisotopic (exact) mass is 321 g/mol. The fraction of sp³-hybridized carbons (Fsp3) is 0.409. The highest BCUT2D eigenvalue weighted by Crippen LogP contribution is 2.38. The maximum absolute atomic E-state index is 12.5. The second-order valence-corrected chi connectivity index (χ2v) is 7.27. The van der Waals surface area contributed by atoms with E-state index in [0.717, 1.165) is 18.5 Å². The standard InChI is InChI=1S/C22H27NO/c1-18-10-12-20(13-11-18)21(24)23-17-22(14-6-3-7-15-22)16-19-8-4-2-5-9-19/h2,4-5,8-13H,3,6-7,14-17H2,1H3,(H,23,24). The Morgan fingerprint density at radius 3 is 2.29 bits per heavy atom. The van der Waals surface area contributed by atoms with E-state index in [1.165, 1.54) is 43.2 Å². The lowest BCUT2D eigenvalue weighted by Gasteiger charge is -2.37. The van der Waals surface area contributed by atoms with Crippen LogP contribution in [0.2, 0.25) is 0 Å². The van der Waals surface area contributed by atoms with Gasteiger partial charge in [0.15, 0.2) is 0 Å². The van der Waals surface area contributed by atoms with Gasteiger partial charge in [0.05, 0.1) is 0 Å². The van der Waals surface area contributed by atoms with Crippen LogP contribution < -0.4 is 5.32 Å². The molecule has 0 saturated heterocycles. The Balaban J connectivity index is 1.68. The lowest BCUT2D eigenvalue weighted by molar-refractivity contribution is 0.0908. The summed E-state index contributed by atoms with van der Waals surface area (Å²) in [5, 5.41) is 3.21. The van der Waals surface area contributed by atoms with E-state index in [-0.39, 0.29) is 11.3 Å². The molecule has 2 aromatic carbocycles. The van der Waals surface area contributed by atoms with Crippen LogP contribution in [-0.4, -0.2) is 12.5 Å². The fourth-order valence-corrected chi connectivity index (χ4v) is 3.82. The van der Waals surface area contributed by atoms with Crippen LogP contribution in [0.15, 0.2) is 54.6 Å². The van der Waals surface area contributed by atoms with Crippen LogP contribution in [0, 0.1) is 12.3 Å².